The minimum atomic E-state index is -0.872. The van der Waals surface area contributed by atoms with Crippen LogP contribution in [0.3, 0.4) is 0 Å². The molecule has 2 atom stereocenters. The maximum atomic E-state index is 12.5. The van der Waals surface area contributed by atoms with Crippen LogP contribution < -0.4 is 5.32 Å². The second kappa shape index (κ2) is 11.0. The summed E-state index contributed by atoms with van der Waals surface area (Å²) in [5, 5.41) is 11.4. The molecule has 0 spiro atoms. The fourth-order valence-corrected chi connectivity index (χ4v) is 5.60. The zero-order valence-corrected chi connectivity index (χ0v) is 20.1. The summed E-state index contributed by atoms with van der Waals surface area (Å²) >= 11 is 1.38. The Morgan fingerprint density at radius 1 is 1.12 bits per heavy atom. The number of carboxylic acids is 1. The largest absolute Gasteiger partial charge is 0.480 e. The molecule has 7 nitrogen and oxygen atoms in total. The van der Waals surface area contributed by atoms with Crippen LogP contribution in [0.25, 0.3) is 11.1 Å². The number of hydrogen-bond donors (Lipinski definition) is 2. The number of fused-ring (bicyclic) bond motifs is 3. The zero-order valence-electron chi connectivity index (χ0n) is 19.2. The van der Waals surface area contributed by atoms with Crippen LogP contribution in [0.15, 0.2) is 48.5 Å². The number of carboxylic acid groups (broad SMARTS) is 1. The Kier molecular flexibility index (Phi) is 7.77. The predicted octanol–water partition coefficient (Wildman–Crippen LogP) is 3.97. The van der Waals surface area contributed by atoms with Gasteiger partial charge in [0.1, 0.15) is 11.9 Å². The molecule has 1 fully saturated rings. The number of nitrogens with one attached hydrogen (secondary N) is 1. The summed E-state index contributed by atoms with van der Waals surface area (Å²) in [5.41, 5.74) is 4.72. The lowest BCUT2D eigenvalue weighted by molar-refractivity contribution is -0.138. The summed E-state index contributed by atoms with van der Waals surface area (Å²) in [6.07, 6.45) is 0.492. The minimum absolute atomic E-state index is 0.0190. The van der Waals surface area contributed by atoms with Crippen molar-refractivity contribution >= 4 is 29.7 Å². The van der Waals surface area contributed by atoms with Crippen LogP contribution in [-0.2, 0) is 14.3 Å². The van der Waals surface area contributed by atoms with Gasteiger partial charge in [-0.2, -0.15) is 0 Å². The van der Waals surface area contributed by atoms with Gasteiger partial charge in [-0.1, -0.05) is 55.5 Å². The molecule has 34 heavy (non-hydrogen) atoms. The van der Waals surface area contributed by atoms with Crippen molar-refractivity contribution in [2.24, 2.45) is 5.92 Å². The van der Waals surface area contributed by atoms with E-state index >= 15 is 0 Å². The number of hydrogen-bond acceptors (Lipinski definition) is 5. The SMILES string of the molecule is CC(CCC(=O)N1CCSC(C(=O)O)C1)CNC(=O)OCC1c2ccccc2-c2ccccc21. The molecule has 1 saturated heterocycles. The third-order valence-corrected chi connectivity index (χ3v) is 7.66. The molecule has 2 amide bonds. The maximum absolute atomic E-state index is 12.5. The standard InChI is InChI=1S/C26H30N2O5S/c1-17(10-11-24(29)28-12-13-34-23(15-28)25(30)31)14-27-26(32)33-16-22-20-8-4-2-6-18(20)19-7-3-5-9-21(19)22/h2-9,17,22-23H,10-16H2,1H3,(H,27,32)(H,30,31). The van der Waals surface area contributed by atoms with Crippen molar-refractivity contribution in [3.8, 4) is 11.1 Å². The van der Waals surface area contributed by atoms with Gasteiger partial charge in [0, 0.05) is 37.7 Å². The van der Waals surface area contributed by atoms with Gasteiger partial charge >= 0.3 is 12.1 Å². The number of carbonyl (C=O) groups excluding carboxylic acids is 2. The van der Waals surface area contributed by atoms with Crippen LogP contribution in [0.1, 0.15) is 36.8 Å². The van der Waals surface area contributed by atoms with Crippen LogP contribution in [-0.4, -0.2) is 65.2 Å². The number of alkyl carbamates (subject to hydrolysis) is 1. The van der Waals surface area contributed by atoms with Crippen LogP contribution in [0, 0.1) is 5.92 Å². The van der Waals surface area contributed by atoms with Crippen molar-refractivity contribution in [3.63, 3.8) is 0 Å². The fourth-order valence-electron chi connectivity index (χ4n) is 4.56. The number of benzene rings is 2. The summed E-state index contributed by atoms with van der Waals surface area (Å²) in [6, 6.07) is 16.4. The van der Waals surface area contributed by atoms with E-state index in [0.717, 1.165) is 0 Å². The van der Waals surface area contributed by atoms with Gasteiger partial charge in [0.15, 0.2) is 0 Å². The Morgan fingerprint density at radius 3 is 2.41 bits per heavy atom. The van der Waals surface area contributed by atoms with E-state index in [4.69, 9.17) is 4.74 Å². The van der Waals surface area contributed by atoms with Crippen molar-refractivity contribution in [2.45, 2.75) is 30.9 Å². The van der Waals surface area contributed by atoms with E-state index in [1.54, 1.807) is 4.90 Å². The first kappa shape index (κ1) is 24.1. The molecule has 2 aliphatic rings. The normalized spacial score (nSPS) is 18.0. The van der Waals surface area contributed by atoms with E-state index < -0.39 is 17.3 Å². The van der Waals surface area contributed by atoms with Gasteiger partial charge in [-0.05, 0) is 34.6 Å². The molecule has 1 aliphatic carbocycles. The van der Waals surface area contributed by atoms with Crippen LogP contribution in [0.4, 0.5) is 4.79 Å². The van der Waals surface area contributed by atoms with Crippen molar-refractivity contribution in [3.05, 3.63) is 59.7 Å². The topological polar surface area (TPSA) is 95.9 Å². The van der Waals surface area contributed by atoms with Gasteiger partial charge in [-0.3, -0.25) is 9.59 Å². The van der Waals surface area contributed by atoms with Gasteiger partial charge < -0.3 is 20.1 Å². The Bertz CT molecular complexity index is 1010. The molecule has 0 saturated carbocycles. The first-order valence-electron chi connectivity index (χ1n) is 11.6. The zero-order chi connectivity index (χ0) is 24.1. The van der Waals surface area contributed by atoms with Gasteiger partial charge in [-0.25, -0.2) is 4.79 Å². The summed E-state index contributed by atoms with van der Waals surface area (Å²) in [4.78, 5) is 37.6. The average Bonchev–Trinajstić information content (AvgIpc) is 3.18. The number of rotatable bonds is 8. The van der Waals surface area contributed by atoms with E-state index in [2.05, 4.69) is 29.6 Å². The number of amides is 2. The third-order valence-electron chi connectivity index (χ3n) is 6.48. The molecular formula is C26H30N2O5S. The Balaban J connectivity index is 1.20. The molecule has 0 aromatic heterocycles. The molecule has 2 unspecified atom stereocenters. The molecule has 1 heterocycles. The lowest BCUT2D eigenvalue weighted by Gasteiger charge is -2.30. The lowest BCUT2D eigenvalue weighted by atomic mass is 9.98. The lowest BCUT2D eigenvalue weighted by Crippen LogP contribution is -2.44. The highest BCUT2D eigenvalue weighted by atomic mass is 32.2. The number of aliphatic carboxylic acids is 1. The van der Waals surface area contributed by atoms with Crippen molar-refractivity contribution < 1.29 is 24.2 Å². The van der Waals surface area contributed by atoms with Gasteiger partial charge in [-0.15, -0.1) is 11.8 Å². The van der Waals surface area contributed by atoms with Gasteiger partial charge in [0.25, 0.3) is 0 Å². The summed E-state index contributed by atoms with van der Waals surface area (Å²) in [5.74, 6) is -0.145. The Hall–Kier alpha value is -3.00. The molecule has 2 aromatic carbocycles. The molecule has 2 aromatic rings. The highest BCUT2D eigenvalue weighted by Gasteiger charge is 2.30. The average molecular weight is 483 g/mol. The van der Waals surface area contributed by atoms with E-state index in [0.29, 0.717) is 31.7 Å². The van der Waals surface area contributed by atoms with E-state index in [1.165, 1.54) is 34.0 Å². The molecule has 0 bridgehead atoms. The molecule has 4 rings (SSSR count). The Labute approximate surface area is 203 Å². The predicted molar refractivity (Wildman–Crippen MR) is 132 cm³/mol. The third kappa shape index (κ3) is 5.55. The smallest absolute Gasteiger partial charge is 0.407 e. The highest BCUT2D eigenvalue weighted by Crippen LogP contribution is 2.44. The van der Waals surface area contributed by atoms with Crippen molar-refractivity contribution in [1.82, 2.24) is 10.2 Å². The summed E-state index contributed by atoms with van der Waals surface area (Å²) in [7, 11) is 0. The van der Waals surface area contributed by atoms with Crippen LogP contribution in [0.5, 0.6) is 0 Å². The first-order chi connectivity index (χ1) is 16.4. The van der Waals surface area contributed by atoms with Gasteiger partial charge in [0.2, 0.25) is 5.91 Å². The van der Waals surface area contributed by atoms with E-state index in [-0.39, 0.29) is 30.9 Å². The molecule has 0 radical (unpaired) electrons. The van der Waals surface area contributed by atoms with Crippen LogP contribution in [0.2, 0.25) is 0 Å². The number of ether oxygens (including phenoxy) is 1. The van der Waals surface area contributed by atoms with E-state index in [9.17, 15) is 19.5 Å². The number of carbonyl (C=O) groups is 3. The Morgan fingerprint density at radius 2 is 1.76 bits per heavy atom. The molecule has 180 valence electrons. The molecular weight excluding hydrogens is 452 g/mol. The van der Waals surface area contributed by atoms with Gasteiger partial charge in [0.05, 0.1) is 0 Å². The highest BCUT2D eigenvalue weighted by molar-refractivity contribution is 8.00. The monoisotopic (exact) mass is 482 g/mol. The minimum Gasteiger partial charge on any atom is -0.480 e. The number of nitrogens with zero attached hydrogens (tertiary/aromatic N) is 1. The van der Waals surface area contributed by atoms with Crippen LogP contribution >= 0.6 is 11.8 Å². The second-order valence-corrected chi connectivity index (χ2v) is 10.2. The summed E-state index contributed by atoms with van der Waals surface area (Å²) in [6.45, 7) is 3.50. The maximum Gasteiger partial charge on any atom is 0.407 e. The van der Waals surface area contributed by atoms with E-state index in [1.807, 2.05) is 31.2 Å². The first-order valence-corrected chi connectivity index (χ1v) is 12.7. The quantitative estimate of drug-likeness (QED) is 0.591. The second-order valence-electron chi connectivity index (χ2n) is 8.89. The molecule has 1 aliphatic heterocycles. The molecule has 8 heteroatoms. The number of thioether (sulfide) groups is 1. The fraction of sp³-hybridized carbons (Fsp3) is 0.423. The summed E-state index contributed by atoms with van der Waals surface area (Å²) < 4.78 is 5.56. The molecule has 2 N–H and O–H groups in total. The van der Waals surface area contributed by atoms with Crippen molar-refractivity contribution in [1.29, 1.82) is 0 Å². The van der Waals surface area contributed by atoms with Crippen molar-refractivity contribution in [2.75, 3.05) is 32.0 Å².